The molecular weight excluding hydrogens is 350 g/mol. The largest absolute Gasteiger partial charge is 0.395 e. The van der Waals surface area contributed by atoms with Gasteiger partial charge in [0.2, 0.25) is 0 Å². The number of carbonyl (C=O) groups is 1. The van der Waals surface area contributed by atoms with Crippen LogP contribution in [0.3, 0.4) is 0 Å². The quantitative estimate of drug-likeness (QED) is 0.519. The zero-order chi connectivity index (χ0) is 20.4. The molecule has 0 aliphatic heterocycles. The van der Waals surface area contributed by atoms with E-state index in [1.54, 1.807) is 4.90 Å². The molecule has 1 amide bonds. The fraction of sp³-hybridized carbons (Fsp3) is 0.304. The zero-order valence-electron chi connectivity index (χ0n) is 16.4. The number of amides is 1. The Bertz CT molecular complexity index is 823. The van der Waals surface area contributed by atoms with Crippen LogP contribution in [0, 0.1) is 11.3 Å². The first kappa shape index (κ1) is 21.2. The molecule has 1 unspecified atom stereocenters. The number of aliphatic hydroxyl groups excluding tert-OH is 1. The van der Waals surface area contributed by atoms with E-state index in [0.29, 0.717) is 13.1 Å². The van der Waals surface area contributed by atoms with Crippen molar-refractivity contribution < 1.29 is 9.90 Å². The molecule has 5 nitrogen and oxygen atoms in total. The van der Waals surface area contributed by atoms with Crippen molar-refractivity contribution >= 4 is 5.91 Å². The van der Waals surface area contributed by atoms with Crippen LogP contribution in [-0.2, 0) is 17.8 Å². The molecule has 0 heterocycles. The number of rotatable bonds is 9. The van der Waals surface area contributed by atoms with Crippen LogP contribution in [-0.4, -0.2) is 29.1 Å². The zero-order valence-corrected chi connectivity index (χ0v) is 16.4. The van der Waals surface area contributed by atoms with Crippen LogP contribution in [0.4, 0.5) is 0 Å². The second-order valence-electron chi connectivity index (χ2n) is 6.62. The molecule has 2 aromatic carbocycles. The summed E-state index contributed by atoms with van der Waals surface area (Å²) in [4.78, 5) is 14.4. The van der Waals surface area contributed by atoms with Crippen LogP contribution in [0.2, 0.25) is 0 Å². The van der Waals surface area contributed by atoms with E-state index < -0.39 is 5.91 Å². The van der Waals surface area contributed by atoms with Gasteiger partial charge in [-0.3, -0.25) is 4.79 Å². The molecule has 0 saturated heterocycles. The maximum absolute atomic E-state index is 12.6. The molecule has 2 N–H and O–H groups in total. The van der Waals surface area contributed by atoms with Gasteiger partial charge < -0.3 is 15.3 Å². The summed E-state index contributed by atoms with van der Waals surface area (Å²) in [5.74, 6) is -0.425. The van der Waals surface area contributed by atoms with Crippen molar-refractivity contribution in [2.45, 2.75) is 32.9 Å². The van der Waals surface area contributed by atoms with Crippen molar-refractivity contribution in [3.05, 3.63) is 83.1 Å². The molecule has 28 heavy (non-hydrogen) atoms. The highest BCUT2D eigenvalue weighted by Gasteiger charge is 2.15. The van der Waals surface area contributed by atoms with Gasteiger partial charge in [-0.05, 0) is 30.0 Å². The lowest BCUT2D eigenvalue weighted by Gasteiger charge is -2.20. The molecule has 0 aliphatic rings. The van der Waals surface area contributed by atoms with Gasteiger partial charge in [0.05, 0.1) is 12.6 Å². The first-order valence-electron chi connectivity index (χ1n) is 9.47. The highest BCUT2D eigenvalue weighted by Crippen LogP contribution is 2.15. The second kappa shape index (κ2) is 10.9. The monoisotopic (exact) mass is 377 g/mol. The highest BCUT2D eigenvalue weighted by atomic mass is 16.3. The smallest absolute Gasteiger partial charge is 0.263 e. The summed E-state index contributed by atoms with van der Waals surface area (Å²) in [6.07, 6.45) is 2.48. The number of benzene rings is 2. The molecular formula is C23H27N3O2. The summed E-state index contributed by atoms with van der Waals surface area (Å²) < 4.78 is 0. The SMILES string of the molecule is CCc1ccc(C(C)NC(=O)/C(C#N)=C\N(CCO)Cc2ccccc2)cc1. The third-order valence-corrected chi connectivity index (χ3v) is 4.53. The number of nitrogens with one attached hydrogen (secondary N) is 1. The Morgan fingerprint density at radius 3 is 2.43 bits per heavy atom. The minimum absolute atomic E-state index is 0.0152. The number of aryl methyl sites for hydroxylation is 1. The van der Waals surface area contributed by atoms with E-state index in [0.717, 1.165) is 17.5 Å². The van der Waals surface area contributed by atoms with Crippen LogP contribution < -0.4 is 5.32 Å². The van der Waals surface area contributed by atoms with Gasteiger partial charge in [0.1, 0.15) is 11.6 Å². The summed E-state index contributed by atoms with van der Waals surface area (Å²) in [5.41, 5.74) is 3.27. The molecule has 0 spiro atoms. The predicted molar refractivity (Wildman–Crippen MR) is 110 cm³/mol. The number of nitriles is 1. The number of hydrogen-bond acceptors (Lipinski definition) is 4. The van der Waals surface area contributed by atoms with E-state index in [9.17, 15) is 15.2 Å². The summed E-state index contributed by atoms with van der Waals surface area (Å²) >= 11 is 0. The van der Waals surface area contributed by atoms with Crippen LogP contribution >= 0.6 is 0 Å². The molecule has 0 aliphatic carbocycles. The lowest BCUT2D eigenvalue weighted by Crippen LogP contribution is -2.29. The summed E-state index contributed by atoms with van der Waals surface area (Å²) in [7, 11) is 0. The normalized spacial score (nSPS) is 12.1. The first-order valence-corrected chi connectivity index (χ1v) is 9.47. The molecule has 0 saturated carbocycles. The van der Waals surface area contributed by atoms with Gasteiger partial charge in [-0.2, -0.15) is 5.26 Å². The van der Waals surface area contributed by atoms with Crippen molar-refractivity contribution in [2.24, 2.45) is 0 Å². The van der Waals surface area contributed by atoms with Gasteiger partial charge in [-0.25, -0.2) is 0 Å². The van der Waals surface area contributed by atoms with Crippen LogP contribution in [0.1, 0.15) is 36.6 Å². The van der Waals surface area contributed by atoms with E-state index >= 15 is 0 Å². The van der Waals surface area contributed by atoms with E-state index in [1.165, 1.54) is 11.8 Å². The molecule has 5 heteroatoms. The fourth-order valence-corrected chi connectivity index (χ4v) is 2.86. The standard InChI is InChI=1S/C23H27N3O2/c1-3-19-9-11-21(12-10-19)18(2)25-23(28)22(15-24)17-26(13-14-27)16-20-7-5-4-6-8-20/h4-12,17-18,27H,3,13-14,16H2,1-2H3,(H,25,28)/b22-17-. The Morgan fingerprint density at radius 1 is 1.18 bits per heavy atom. The summed E-state index contributed by atoms with van der Waals surface area (Å²) in [5, 5.41) is 21.7. The van der Waals surface area contributed by atoms with Gasteiger partial charge in [-0.15, -0.1) is 0 Å². The minimum Gasteiger partial charge on any atom is -0.395 e. The highest BCUT2D eigenvalue weighted by molar-refractivity contribution is 5.97. The summed E-state index contributed by atoms with van der Waals surface area (Å²) in [6.45, 7) is 4.76. The third kappa shape index (κ3) is 6.26. The van der Waals surface area contributed by atoms with Crippen LogP contribution in [0.25, 0.3) is 0 Å². The number of carbonyl (C=O) groups excluding carboxylic acids is 1. The fourth-order valence-electron chi connectivity index (χ4n) is 2.86. The average molecular weight is 377 g/mol. The Kier molecular flexibility index (Phi) is 8.26. The van der Waals surface area contributed by atoms with Crippen LogP contribution in [0.15, 0.2) is 66.4 Å². The lowest BCUT2D eigenvalue weighted by molar-refractivity contribution is -0.117. The number of nitrogens with zero attached hydrogens (tertiary/aromatic N) is 2. The van der Waals surface area contributed by atoms with Crippen molar-refractivity contribution in [1.29, 1.82) is 5.26 Å². The van der Waals surface area contributed by atoms with Gasteiger partial charge in [0.25, 0.3) is 5.91 Å². The van der Waals surface area contributed by atoms with Crippen molar-refractivity contribution in [3.63, 3.8) is 0 Å². The number of aliphatic hydroxyl groups is 1. The Balaban J connectivity index is 2.09. The topological polar surface area (TPSA) is 76.4 Å². The number of hydrogen-bond donors (Lipinski definition) is 2. The van der Waals surface area contributed by atoms with E-state index in [4.69, 9.17) is 0 Å². The van der Waals surface area contributed by atoms with Crippen LogP contribution in [0.5, 0.6) is 0 Å². The average Bonchev–Trinajstić information content (AvgIpc) is 2.72. The van der Waals surface area contributed by atoms with Gasteiger partial charge in [0.15, 0.2) is 0 Å². The Labute approximate surface area is 166 Å². The predicted octanol–water partition coefficient (Wildman–Crippen LogP) is 3.33. The summed E-state index contributed by atoms with van der Waals surface area (Å²) in [6, 6.07) is 19.6. The lowest BCUT2D eigenvalue weighted by atomic mass is 10.0. The molecule has 1 atom stereocenters. The Hall–Kier alpha value is -3.10. The van der Waals surface area contributed by atoms with Crippen molar-refractivity contribution in [2.75, 3.05) is 13.2 Å². The molecule has 0 fully saturated rings. The molecule has 146 valence electrons. The van der Waals surface area contributed by atoms with E-state index in [1.807, 2.05) is 67.6 Å². The second-order valence-corrected chi connectivity index (χ2v) is 6.62. The third-order valence-electron chi connectivity index (χ3n) is 4.53. The van der Waals surface area contributed by atoms with Crippen molar-refractivity contribution in [3.8, 4) is 6.07 Å². The maximum Gasteiger partial charge on any atom is 0.263 e. The molecule has 0 radical (unpaired) electrons. The van der Waals surface area contributed by atoms with E-state index in [-0.39, 0.29) is 18.2 Å². The van der Waals surface area contributed by atoms with Gasteiger partial charge in [0, 0.05) is 19.3 Å². The molecule has 2 rings (SSSR count). The Morgan fingerprint density at radius 2 is 1.86 bits per heavy atom. The minimum atomic E-state index is -0.425. The molecule has 0 bridgehead atoms. The first-order chi connectivity index (χ1) is 13.6. The maximum atomic E-state index is 12.6. The van der Waals surface area contributed by atoms with Crippen molar-refractivity contribution in [1.82, 2.24) is 10.2 Å². The van der Waals surface area contributed by atoms with E-state index in [2.05, 4.69) is 12.2 Å². The van der Waals surface area contributed by atoms with Gasteiger partial charge in [-0.1, -0.05) is 61.5 Å². The molecule has 2 aromatic rings. The molecule has 0 aromatic heterocycles. The van der Waals surface area contributed by atoms with Gasteiger partial charge >= 0.3 is 0 Å².